The van der Waals surface area contributed by atoms with Gasteiger partial charge in [0.1, 0.15) is 0 Å². The Labute approximate surface area is 302 Å². The summed E-state index contributed by atoms with van der Waals surface area (Å²) in [6, 6.07) is 26.0. The monoisotopic (exact) mass is 669 g/mol. The van der Waals surface area contributed by atoms with Crippen LogP contribution in [-0.4, -0.2) is 23.3 Å². The molecule has 1 fully saturated rings. The zero-order chi connectivity index (χ0) is 37.0. The standard InChI is InChI=1S/C46H60BNO2/c1-41(2,3)29-17-19-33-35(26-29)39(28-23-31(43(7,8)9)25-32(24-28)44(10,11)12)36-27-30(42(4,5)6)18-20-34(36)40(33)37-21-22-38(48-37)47-49-45(13,14)46(15,16)50-47/h17-27,48H,1-16H3. The zero-order valence-electron chi connectivity index (χ0n) is 33.7. The van der Waals surface area contributed by atoms with Gasteiger partial charge in [-0.15, -0.1) is 0 Å². The van der Waals surface area contributed by atoms with Gasteiger partial charge in [0.05, 0.1) is 11.2 Å². The van der Waals surface area contributed by atoms with E-state index < -0.39 is 18.3 Å². The molecule has 1 aromatic heterocycles. The topological polar surface area (TPSA) is 34.2 Å². The molecule has 50 heavy (non-hydrogen) atoms. The molecular weight excluding hydrogens is 609 g/mol. The van der Waals surface area contributed by atoms with Crippen LogP contribution in [0.1, 0.15) is 133 Å². The number of H-pyrrole nitrogens is 1. The third-order valence-electron chi connectivity index (χ3n) is 11.3. The zero-order valence-corrected chi connectivity index (χ0v) is 33.7. The van der Waals surface area contributed by atoms with Crippen LogP contribution in [0.4, 0.5) is 0 Å². The van der Waals surface area contributed by atoms with Crippen LogP contribution < -0.4 is 5.59 Å². The second-order valence-corrected chi connectivity index (χ2v) is 20.0. The van der Waals surface area contributed by atoms with Gasteiger partial charge in [0.15, 0.2) is 0 Å². The Morgan fingerprint density at radius 2 is 0.880 bits per heavy atom. The third kappa shape index (κ3) is 6.48. The summed E-state index contributed by atoms with van der Waals surface area (Å²) in [4.78, 5) is 3.79. The van der Waals surface area contributed by atoms with Crippen LogP contribution >= 0.6 is 0 Å². The van der Waals surface area contributed by atoms with E-state index >= 15 is 0 Å². The highest BCUT2D eigenvalue weighted by molar-refractivity contribution is 6.61. The number of aromatic nitrogens is 1. The number of rotatable bonds is 3. The van der Waals surface area contributed by atoms with Gasteiger partial charge in [-0.25, -0.2) is 0 Å². The Kier molecular flexibility index (Phi) is 8.45. The summed E-state index contributed by atoms with van der Waals surface area (Å²) in [5, 5.41) is 5.04. The highest BCUT2D eigenvalue weighted by atomic mass is 16.7. The van der Waals surface area contributed by atoms with Gasteiger partial charge in [0.25, 0.3) is 0 Å². The molecule has 1 aliphatic heterocycles. The summed E-state index contributed by atoms with van der Waals surface area (Å²) in [6.45, 7) is 36.3. The van der Waals surface area contributed by atoms with Crippen LogP contribution in [0.15, 0.2) is 66.7 Å². The number of benzene rings is 4. The van der Waals surface area contributed by atoms with Crippen LogP contribution in [0.25, 0.3) is 43.9 Å². The third-order valence-corrected chi connectivity index (χ3v) is 11.3. The summed E-state index contributed by atoms with van der Waals surface area (Å²) < 4.78 is 13.0. The number of hydrogen-bond donors (Lipinski definition) is 1. The van der Waals surface area contributed by atoms with Crippen molar-refractivity contribution in [2.24, 2.45) is 0 Å². The van der Waals surface area contributed by atoms with Gasteiger partial charge in [-0.2, -0.15) is 0 Å². The smallest absolute Gasteiger partial charge is 0.398 e. The lowest BCUT2D eigenvalue weighted by molar-refractivity contribution is 0.00578. The molecule has 0 spiro atoms. The molecule has 6 rings (SSSR count). The van der Waals surface area contributed by atoms with Gasteiger partial charge < -0.3 is 14.3 Å². The molecule has 0 amide bonds. The first-order valence-electron chi connectivity index (χ1n) is 18.5. The SMILES string of the molecule is CC(C)(C)c1cc(-c2c3cc(C(C)(C)C)ccc3c(-c3ccc(B4OC(C)(C)C(C)(C)O4)[nH]3)c3ccc(C(C)(C)C)cc23)cc(C(C)(C)C)c1. The Morgan fingerprint density at radius 1 is 0.460 bits per heavy atom. The van der Waals surface area contributed by atoms with Crippen molar-refractivity contribution in [1.29, 1.82) is 0 Å². The van der Waals surface area contributed by atoms with Gasteiger partial charge in [0.2, 0.25) is 0 Å². The van der Waals surface area contributed by atoms with Crippen LogP contribution in [0, 0.1) is 0 Å². The van der Waals surface area contributed by atoms with Gasteiger partial charge in [-0.1, -0.05) is 126 Å². The summed E-state index contributed by atoms with van der Waals surface area (Å²) in [5.41, 5.74) is 10.4. The van der Waals surface area contributed by atoms with Crippen molar-refractivity contribution in [2.45, 2.75) is 144 Å². The van der Waals surface area contributed by atoms with Crippen molar-refractivity contribution in [1.82, 2.24) is 4.98 Å². The van der Waals surface area contributed by atoms with E-state index in [-0.39, 0.29) is 21.7 Å². The maximum Gasteiger partial charge on any atom is 0.512 e. The first kappa shape index (κ1) is 36.5. The first-order chi connectivity index (χ1) is 22.8. The minimum atomic E-state index is -0.457. The van der Waals surface area contributed by atoms with E-state index in [1.807, 2.05) is 0 Å². The van der Waals surface area contributed by atoms with Gasteiger partial charge in [-0.3, -0.25) is 0 Å². The molecule has 1 saturated heterocycles. The van der Waals surface area contributed by atoms with Crippen molar-refractivity contribution < 1.29 is 9.31 Å². The molecule has 264 valence electrons. The van der Waals surface area contributed by atoms with Crippen LogP contribution in [0.2, 0.25) is 0 Å². The lowest BCUT2D eigenvalue weighted by atomic mass is 9.76. The number of nitrogens with one attached hydrogen (secondary N) is 1. The number of fused-ring (bicyclic) bond motifs is 2. The quantitative estimate of drug-likeness (QED) is 0.153. The molecular formula is C46H60BNO2. The van der Waals surface area contributed by atoms with E-state index in [0.29, 0.717) is 0 Å². The predicted molar refractivity (Wildman–Crippen MR) is 217 cm³/mol. The van der Waals surface area contributed by atoms with E-state index in [1.54, 1.807) is 0 Å². The molecule has 0 radical (unpaired) electrons. The summed E-state index contributed by atoms with van der Waals surface area (Å²) >= 11 is 0. The molecule has 1 aliphatic rings. The molecule has 0 aliphatic carbocycles. The summed E-state index contributed by atoms with van der Waals surface area (Å²) in [5.74, 6) is 0. The molecule has 0 atom stereocenters. The van der Waals surface area contributed by atoms with Crippen molar-refractivity contribution in [3.05, 3.63) is 89.0 Å². The predicted octanol–water partition coefficient (Wildman–Crippen LogP) is 12.1. The molecule has 4 aromatic carbocycles. The minimum absolute atomic E-state index is 0.00284. The molecule has 0 bridgehead atoms. The van der Waals surface area contributed by atoms with Gasteiger partial charge in [0, 0.05) is 16.9 Å². The molecule has 2 heterocycles. The molecule has 1 N–H and O–H groups in total. The highest BCUT2D eigenvalue weighted by Crippen LogP contribution is 2.47. The fourth-order valence-corrected chi connectivity index (χ4v) is 7.07. The maximum atomic E-state index is 6.48. The van der Waals surface area contributed by atoms with Crippen LogP contribution in [0.5, 0.6) is 0 Å². The minimum Gasteiger partial charge on any atom is -0.398 e. The molecule has 4 heteroatoms. The van der Waals surface area contributed by atoms with Crippen LogP contribution in [-0.2, 0) is 31.0 Å². The average Bonchev–Trinajstić information content (AvgIpc) is 3.54. The second kappa shape index (κ2) is 11.6. The fourth-order valence-electron chi connectivity index (χ4n) is 7.07. The van der Waals surface area contributed by atoms with E-state index in [4.69, 9.17) is 9.31 Å². The second-order valence-electron chi connectivity index (χ2n) is 20.0. The normalized spacial score (nSPS) is 16.9. The van der Waals surface area contributed by atoms with Crippen LogP contribution in [0.3, 0.4) is 0 Å². The van der Waals surface area contributed by atoms with E-state index in [9.17, 15) is 0 Å². The average molecular weight is 670 g/mol. The number of hydrogen-bond acceptors (Lipinski definition) is 2. The highest BCUT2D eigenvalue weighted by Gasteiger charge is 2.52. The number of aromatic amines is 1. The van der Waals surface area contributed by atoms with Gasteiger partial charge in [-0.05, 0) is 129 Å². The van der Waals surface area contributed by atoms with Crippen molar-refractivity contribution in [2.75, 3.05) is 0 Å². The molecule has 5 aromatic rings. The van der Waals surface area contributed by atoms with E-state index in [2.05, 4.69) is 182 Å². The van der Waals surface area contributed by atoms with E-state index in [0.717, 1.165) is 11.3 Å². The fraction of sp³-hybridized carbons (Fsp3) is 0.478. The Bertz CT molecular complexity index is 1980. The van der Waals surface area contributed by atoms with E-state index in [1.165, 1.54) is 60.5 Å². The Hall–Kier alpha value is -3.34. The summed E-state index contributed by atoms with van der Waals surface area (Å²) in [7, 11) is -0.457. The maximum absolute atomic E-state index is 6.48. The molecule has 3 nitrogen and oxygen atoms in total. The Morgan fingerprint density at radius 3 is 1.28 bits per heavy atom. The molecule has 0 saturated carbocycles. The molecule has 0 unspecified atom stereocenters. The first-order valence-corrected chi connectivity index (χ1v) is 18.5. The largest absolute Gasteiger partial charge is 0.512 e. The van der Waals surface area contributed by atoms with Crippen molar-refractivity contribution >= 4 is 34.3 Å². The lowest BCUT2D eigenvalue weighted by Crippen LogP contribution is -2.41. The summed E-state index contributed by atoms with van der Waals surface area (Å²) in [6.07, 6.45) is 0. The Balaban J connectivity index is 1.75. The lowest BCUT2D eigenvalue weighted by Gasteiger charge is -2.32. The van der Waals surface area contributed by atoms with Crippen molar-refractivity contribution in [3.63, 3.8) is 0 Å². The van der Waals surface area contributed by atoms with Gasteiger partial charge >= 0.3 is 7.12 Å². The van der Waals surface area contributed by atoms with Crippen molar-refractivity contribution in [3.8, 4) is 22.4 Å².